The number of hydrogen-bond acceptors (Lipinski definition) is 2. The minimum Gasteiger partial charge on any atom is -0.294 e. The summed E-state index contributed by atoms with van der Waals surface area (Å²) in [7, 11) is 0. The Kier molecular flexibility index (Phi) is 19.0. The molecule has 0 heterocycles. The zero-order valence-electron chi connectivity index (χ0n) is 44.9. The number of halogens is 2. The first-order valence-electron chi connectivity index (χ1n) is 28.7. The van der Waals surface area contributed by atoms with Gasteiger partial charge in [-0.15, -0.1) is 0 Å². The van der Waals surface area contributed by atoms with E-state index < -0.39 is 0 Å². The first-order chi connectivity index (χ1) is 34.8. The van der Waals surface area contributed by atoms with Crippen molar-refractivity contribution in [2.75, 3.05) is 0 Å². The quantitative estimate of drug-likeness (QED) is 0.138. The summed E-state index contributed by atoms with van der Waals surface area (Å²) in [6.07, 6.45) is 24.4. The van der Waals surface area contributed by atoms with Crippen molar-refractivity contribution in [3.8, 4) is 22.3 Å². The molecule has 0 aromatic heterocycles. The largest absolute Gasteiger partial charge is 0.294 e. The van der Waals surface area contributed by atoms with Crippen molar-refractivity contribution in [1.29, 1.82) is 0 Å². The van der Waals surface area contributed by atoms with Crippen LogP contribution in [0.2, 0.25) is 0 Å². The highest BCUT2D eigenvalue weighted by molar-refractivity contribution is 5.98. The van der Waals surface area contributed by atoms with Gasteiger partial charge in [-0.05, 0) is 173 Å². The Morgan fingerprint density at radius 3 is 1.03 bits per heavy atom. The normalized spacial score (nSPS) is 27.6. The Bertz CT molecular complexity index is 2410. The molecule has 0 bridgehead atoms. The van der Waals surface area contributed by atoms with Crippen LogP contribution in [0.5, 0.6) is 0 Å². The molecule has 10 rings (SSSR count). The van der Waals surface area contributed by atoms with Crippen LogP contribution in [0.25, 0.3) is 22.3 Å². The summed E-state index contributed by atoms with van der Waals surface area (Å²) >= 11 is 0. The first-order valence-corrected chi connectivity index (χ1v) is 28.7. The minimum atomic E-state index is -0.297. The zero-order valence-corrected chi connectivity index (χ0v) is 44.9. The molecule has 0 spiro atoms. The maximum atomic E-state index is 14.9. The van der Waals surface area contributed by atoms with Crippen LogP contribution < -0.4 is 0 Å². The summed E-state index contributed by atoms with van der Waals surface area (Å²) in [4.78, 5) is 25.2. The van der Waals surface area contributed by atoms with E-state index in [1.165, 1.54) is 99.3 Å². The number of Topliss-reactive ketones (excluding diaryl/α,β-unsaturated/α-hetero) is 2. The van der Waals surface area contributed by atoms with Gasteiger partial charge in [-0.1, -0.05) is 187 Å². The van der Waals surface area contributed by atoms with Crippen LogP contribution in [-0.4, -0.2) is 11.6 Å². The van der Waals surface area contributed by atoms with Crippen molar-refractivity contribution in [2.45, 2.75) is 182 Å². The highest BCUT2D eigenvalue weighted by Gasteiger charge is 2.33. The lowest BCUT2D eigenvalue weighted by atomic mass is 9.68. The molecule has 0 radical (unpaired) electrons. The molecular formula is C68H86F2O2. The second-order valence-corrected chi connectivity index (χ2v) is 24.0. The lowest BCUT2D eigenvalue weighted by molar-refractivity contribution is 0.0831. The molecule has 5 aromatic rings. The summed E-state index contributed by atoms with van der Waals surface area (Å²) in [5.41, 5.74) is 9.57. The lowest BCUT2D eigenvalue weighted by Crippen LogP contribution is -2.28. The molecule has 72 heavy (non-hydrogen) atoms. The molecule has 0 saturated heterocycles. The first kappa shape index (κ1) is 53.6. The van der Waals surface area contributed by atoms with Crippen molar-refractivity contribution in [3.05, 3.63) is 154 Å². The number of ketones is 2. The van der Waals surface area contributed by atoms with E-state index >= 15 is 0 Å². The van der Waals surface area contributed by atoms with Gasteiger partial charge in [0.25, 0.3) is 0 Å². The molecule has 2 nitrogen and oxygen atoms in total. The van der Waals surface area contributed by atoms with E-state index in [9.17, 15) is 18.4 Å². The van der Waals surface area contributed by atoms with E-state index in [0.29, 0.717) is 34.5 Å². The van der Waals surface area contributed by atoms with E-state index in [1.54, 1.807) is 24.3 Å². The Morgan fingerprint density at radius 2 is 0.653 bits per heavy atom. The van der Waals surface area contributed by atoms with Gasteiger partial charge in [0, 0.05) is 34.1 Å². The third kappa shape index (κ3) is 14.3. The van der Waals surface area contributed by atoms with E-state index in [1.807, 2.05) is 36.4 Å². The van der Waals surface area contributed by atoms with Crippen molar-refractivity contribution >= 4 is 11.6 Å². The molecule has 5 fully saturated rings. The molecule has 4 heteroatoms. The highest BCUT2D eigenvalue weighted by atomic mass is 19.1. The smallest absolute Gasteiger partial charge is 0.165 e. The molecule has 5 aliphatic carbocycles. The fourth-order valence-corrected chi connectivity index (χ4v) is 13.1. The highest BCUT2D eigenvalue weighted by Crippen LogP contribution is 2.43. The SMILES string of the molecule is CC1CCC(c2ccc(-c3ccc(C4CCC(C)CC4)cc3F)c(F)c2)CC1.Cc1ccc(-c2ccc(C(=O)C3CCC(C)CC3)cc2)cc1.Cc1ccc(C(=O)C2CCC(C3CCC(C)CC3)CC2)cc1. The molecule has 0 amide bonds. The number of carbonyl (C=O) groups is 2. The van der Waals surface area contributed by atoms with Gasteiger partial charge in [0.15, 0.2) is 11.6 Å². The van der Waals surface area contributed by atoms with E-state index in [2.05, 4.69) is 90.1 Å². The second kappa shape index (κ2) is 25.5. The maximum Gasteiger partial charge on any atom is 0.165 e. The predicted octanol–water partition coefficient (Wildman–Crippen LogP) is 19.7. The van der Waals surface area contributed by atoms with Gasteiger partial charge in [-0.3, -0.25) is 9.59 Å². The average Bonchev–Trinajstić information content (AvgIpc) is 3.40. The minimum absolute atomic E-state index is 0.237. The summed E-state index contributed by atoms with van der Waals surface area (Å²) < 4.78 is 29.8. The van der Waals surface area contributed by atoms with Gasteiger partial charge in [-0.2, -0.15) is 0 Å². The lowest BCUT2D eigenvalue weighted by Gasteiger charge is -2.37. The van der Waals surface area contributed by atoms with Crippen LogP contribution in [0.4, 0.5) is 8.78 Å². The molecule has 0 atom stereocenters. The van der Waals surface area contributed by atoms with Gasteiger partial charge in [0.05, 0.1) is 0 Å². The predicted molar refractivity (Wildman–Crippen MR) is 297 cm³/mol. The van der Waals surface area contributed by atoms with Gasteiger partial charge in [0.2, 0.25) is 0 Å². The van der Waals surface area contributed by atoms with E-state index in [4.69, 9.17) is 0 Å². The molecule has 0 N–H and O–H groups in total. The van der Waals surface area contributed by atoms with Crippen molar-refractivity contribution < 1.29 is 18.4 Å². The maximum absolute atomic E-state index is 14.9. The Balaban J connectivity index is 0.000000146. The third-order valence-corrected chi connectivity index (χ3v) is 18.4. The fourth-order valence-electron chi connectivity index (χ4n) is 13.1. The Morgan fingerprint density at radius 1 is 0.361 bits per heavy atom. The fraction of sp³-hybridized carbons (Fsp3) is 0.529. The van der Waals surface area contributed by atoms with Gasteiger partial charge >= 0.3 is 0 Å². The number of hydrogen-bond donors (Lipinski definition) is 0. The molecule has 5 aromatic carbocycles. The summed E-state index contributed by atoms with van der Waals surface area (Å²) in [5, 5.41) is 0. The Hall–Kier alpha value is -4.70. The monoisotopic (exact) mass is 973 g/mol. The van der Waals surface area contributed by atoms with Crippen LogP contribution in [0.1, 0.15) is 211 Å². The van der Waals surface area contributed by atoms with Crippen LogP contribution in [0.3, 0.4) is 0 Å². The van der Waals surface area contributed by atoms with Crippen molar-refractivity contribution in [2.24, 2.45) is 47.3 Å². The average molecular weight is 973 g/mol. The van der Waals surface area contributed by atoms with Crippen molar-refractivity contribution in [1.82, 2.24) is 0 Å². The van der Waals surface area contributed by atoms with Gasteiger partial charge in [-0.25, -0.2) is 8.78 Å². The van der Waals surface area contributed by atoms with Crippen LogP contribution >= 0.6 is 0 Å². The number of benzene rings is 5. The molecule has 0 unspecified atom stereocenters. The standard InChI is InChI=1S/C26H32F2.C21H30O.C21H24O/c1-17-3-7-19(8-4-17)21-11-13-23(25(27)15-21)24-14-12-22(16-26(24)28)20-9-5-18(2)6-10-20;2*1-15-3-7-17(8-4-15)18-11-13-20(14-12-18)21(22)19-9-5-16(2)6-10-19/h11-20H,3-10H2,1-2H3;5-6,9-10,15,17-18,20H,3-4,7-8,11-14H2,1-2H3;3-4,7-8,11-14,16,19H,5-6,9-10H2,1-2H3. The Labute approximate surface area is 433 Å². The third-order valence-electron chi connectivity index (χ3n) is 18.4. The number of rotatable bonds is 9. The molecular weight excluding hydrogens is 887 g/mol. The summed E-state index contributed by atoms with van der Waals surface area (Å²) in [5.74, 6) is 6.66. The van der Waals surface area contributed by atoms with Gasteiger partial charge in [0.1, 0.15) is 11.6 Å². The van der Waals surface area contributed by atoms with Crippen LogP contribution in [0, 0.1) is 72.8 Å². The van der Waals surface area contributed by atoms with Crippen LogP contribution in [0.15, 0.2) is 109 Å². The van der Waals surface area contributed by atoms with Crippen molar-refractivity contribution in [3.63, 3.8) is 0 Å². The summed E-state index contributed by atoms with van der Waals surface area (Å²) in [6, 6.07) is 35.6. The van der Waals surface area contributed by atoms with E-state index in [0.717, 1.165) is 109 Å². The molecule has 5 aliphatic rings. The van der Waals surface area contributed by atoms with Gasteiger partial charge < -0.3 is 0 Å². The summed E-state index contributed by atoms with van der Waals surface area (Å²) in [6.45, 7) is 13.4. The number of aryl methyl sites for hydroxylation is 2. The second-order valence-electron chi connectivity index (χ2n) is 24.0. The van der Waals surface area contributed by atoms with E-state index in [-0.39, 0.29) is 23.5 Å². The zero-order chi connectivity index (χ0) is 50.7. The molecule has 384 valence electrons. The molecule has 5 saturated carbocycles. The molecule has 0 aliphatic heterocycles. The number of carbonyl (C=O) groups excluding carboxylic acids is 2. The van der Waals surface area contributed by atoms with Crippen LogP contribution in [-0.2, 0) is 0 Å². The topological polar surface area (TPSA) is 34.1 Å².